The van der Waals surface area contributed by atoms with E-state index in [-0.39, 0.29) is 18.1 Å². The van der Waals surface area contributed by atoms with Gasteiger partial charge in [-0.3, -0.25) is 14.2 Å². The Kier molecular flexibility index (Phi) is 5.48. The minimum atomic E-state index is -3.81. The van der Waals surface area contributed by atoms with E-state index in [1.165, 1.54) is 12.1 Å². The van der Waals surface area contributed by atoms with Crippen LogP contribution in [-0.4, -0.2) is 33.2 Å². The number of benzene rings is 1. The zero-order chi connectivity index (χ0) is 15.3. The highest BCUT2D eigenvalue weighted by Crippen LogP contribution is 2.42. The van der Waals surface area contributed by atoms with Gasteiger partial charge >= 0.3 is 11.9 Å². The van der Waals surface area contributed by atoms with Crippen LogP contribution in [0.5, 0.6) is 0 Å². The minimum absolute atomic E-state index is 0.166. The third-order valence-corrected chi connectivity index (χ3v) is 5.00. The van der Waals surface area contributed by atoms with Gasteiger partial charge in [-0.2, -0.15) is 0 Å². The van der Waals surface area contributed by atoms with Crippen molar-refractivity contribution in [2.45, 2.75) is 19.8 Å². The summed E-state index contributed by atoms with van der Waals surface area (Å²) in [6.45, 7) is 1.83. The molecule has 6 nitrogen and oxygen atoms in total. The van der Waals surface area contributed by atoms with Crippen LogP contribution in [0.25, 0.3) is 0 Å². The number of carboxylic acids is 2. The molecular weight excluding hydrogens is 283 g/mol. The molecule has 3 N–H and O–H groups in total. The summed E-state index contributed by atoms with van der Waals surface area (Å²) in [5.41, 5.74) is 0.925. The lowest BCUT2D eigenvalue weighted by molar-refractivity contribution is -0.142. The van der Waals surface area contributed by atoms with Crippen LogP contribution in [0.1, 0.15) is 18.4 Å². The van der Waals surface area contributed by atoms with Crippen molar-refractivity contribution in [3.8, 4) is 0 Å². The Morgan fingerprint density at radius 3 is 2.20 bits per heavy atom. The number of carbonyl (C=O) groups is 2. The van der Waals surface area contributed by atoms with Crippen molar-refractivity contribution >= 4 is 24.6 Å². The number of hydrogen-bond donors (Lipinski definition) is 3. The molecule has 0 aromatic heterocycles. The summed E-state index contributed by atoms with van der Waals surface area (Å²) in [6.07, 6.45) is -0.968. The summed E-state index contributed by atoms with van der Waals surface area (Å²) >= 11 is 0. The topological polar surface area (TPSA) is 112 Å². The molecule has 2 unspecified atom stereocenters. The minimum Gasteiger partial charge on any atom is -0.481 e. The zero-order valence-electron chi connectivity index (χ0n) is 11.0. The molecule has 7 heteroatoms. The van der Waals surface area contributed by atoms with E-state index in [1.54, 1.807) is 12.1 Å². The molecule has 1 aromatic rings. The highest BCUT2D eigenvalue weighted by Gasteiger charge is 2.30. The van der Waals surface area contributed by atoms with E-state index in [4.69, 9.17) is 10.2 Å². The second-order valence-electron chi connectivity index (χ2n) is 4.69. The van der Waals surface area contributed by atoms with Crippen molar-refractivity contribution in [1.29, 1.82) is 0 Å². The van der Waals surface area contributed by atoms with E-state index in [2.05, 4.69) is 0 Å². The second-order valence-corrected chi connectivity index (χ2v) is 6.97. The lowest BCUT2D eigenvalue weighted by Gasteiger charge is -2.17. The van der Waals surface area contributed by atoms with Crippen LogP contribution >= 0.6 is 7.37 Å². The van der Waals surface area contributed by atoms with Crippen LogP contribution in [0.15, 0.2) is 24.3 Å². The van der Waals surface area contributed by atoms with Gasteiger partial charge in [0.15, 0.2) is 0 Å². The Balaban J connectivity index is 2.85. The molecular formula is C13H17O6P. The molecule has 0 aliphatic rings. The molecule has 0 saturated heterocycles. The van der Waals surface area contributed by atoms with Gasteiger partial charge in [0.1, 0.15) is 0 Å². The predicted octanol–water partition coefficient (Wildman–Crippen LogP) is 1.46. The fourth-order valence-corrected chi connectivity index (χ4v) is 3.53. The van der Waals surface area contributed by atoms with Crippen LogP contribution in [0.2, 0.25) is 0 Å². The standard InChI is InChI=1S/C13H17O6P/c1-9-2-5-11(6-3-9)20(18,19)8-10(13(16)17)4-7-12(14)15/h2-3,5-6,10H,4,7-8H2,1H3,(H,14,15)(H,16,17)(H,18,19). The van der Waals surface area contributed by atoms with E-state index >= 15 is 0 Å². The maximum atomic E-state index is 12.2. The van der Waals surface area contributed by atoms with Crippen LogP contribution in [0, 0.1) is 12.8 Å². The third-order valence-electron chi connectivity index (χ3n) is 2.96. The molecule has 0 aliphatic carbocycles. The molecule has 2 atom stereocenters. The van der Waals surface area contributed by atoms with Crippen molar-refractivity contribution in [2.24, 2.45) is 5.92 Å². The molecule has 1 rings (SSSR count). The fraction of sp³-hybridized carbons (Fsp3) is 0.385. The van der Waals surface area contributed by atoms with E-state index in [0.29, 0.717) is 0 Å². The smallest absolute Gasteiger partial charge is 0.307 e. The fourth-order valence-electron chi connectivity index (χ4n) is 1.77. The van der Waals surface area contributed by atoms with Gasteiger partial charge in [-0.1, -0.05) is 17.7 Å². The highest BCUT2D eigenvalue weighted by atomic mass is 31.2. The first-order valence-electron chi connectivity index (χ1n) is 6.06. The van der Waals surface area contributed by atoms with Gasteiger partial charge in [0.05, 0.1) is 5.92 Å². The lowest BCUT2D eigenvalue weighted by atomic mass is 10.1. The number of hydrogen-bond acceptors (Lipinski definition) is 3. The van der Waals surface area contributed by atoms with E-state index in [0.717, 1.165) is 5.56 Å². The van der Waals surface area contributed by atoms with E-state index in [1.807, 2.05) is 6.92 Å². The SMILES string of the molecule is Cc1ccc(P(=O)(O)CC(CCC(=O)O)C(=O)O)cc1. The molecule has 0 saturated carbocycles. The molecule has 0 amide bonds. The van der Waals surface area contributed by atoms with Crippen molar-refractivity contribution in [1.82, 2.24) is 0 Å². The number of rotatable bonds is 7. The summed E-state index contributed by atoms with van der Waals surface area (Å²) in [5.74, 6) is -3.53. The maximum absolute atomic E-state index is 12.2. The van der Waals surface area contributed by atoms with E-state index in [9.17, 15) is 19.0 Å². The van der Waals surface area contributed by atoms with E-state index < -0.39 is 31.4 Å². The first-order chi connectivity index (χ1) is 9.22. The quantitative estimate of drug-likeness (QED) is 0.657. The van der Waals surface area contributed by atoms with Crippen LogP contribution in [0.4, 0.5) is 0 Å². The molecule has 0 aliphatic heterocycles. The van der Waals surface area contributed by atoms with Gasteiger partial charge in [0.2, 0.25) is 7.37 Å². The van der Waals surface area contributed by atoms with Crippen LogP contribution < -0.4 is 5.30 Å². The summed E-state index contributed by atoms with van der Waals surface area (Å²) in [5, 5.41) is 17.8. The monoisotopic (exact) mass is 300 g/mol. The Bertz CT molecular complexity index is 536. The molecule has 110 valence electrons. The number of aryl methyl sites for hydroxylation is 1. The Hall–Kier alpha value is -1.65. The van der Waals surface area contributed by atoms with Crippen LogP contribution in [-0.2, 0) is 14.2 Å². The van der Waals surface area contributed by atoms with Gasteiger partial charge in [-0.05, 0) is 25.5 Å². The van der Waals surface area contributed by atoms with Crippen molar-refractivity contribution in [2.75, 3.05) is 6.16 Å². The van der Waals surface area contributed by atoms with Crippen molar-refractivity contribution in [3.63, 3.8) is 0 Å². The predicted molar refractivity (Wildman–Crippen MR) is 73.5 cm³/mol. The molecule has 1 aromatic carbocycles. The summed E-state index contributed by atoms with van der Waals surface area (Å²) < 4.78 is 12.2. The zero-order valence-corrected chi connectivity index (χ0v) is 11.9. The molecule has 20 heavy (non-hydrogen) atoms. The average molecular weight is 300 g/mol. The first kappa shape index (κ1) is 16.4. The Morgan fingerprint density at radius 2 is 1.75 bits per heavy atom. The molecule has 0 heterocycles. The van der Waals surface area contributed by atoms with Gasteiger partial charge in [-0.15, -0.1) is 0 Å². The van der Waals surface area contributed by atoms with Gasteiger partial charge in [-0.25, -0.2) is 0 Å². The molecule has 0 spiro atoms. The summed E-state index contributed by atoms with van der Waals surface area (Å²) in [6, 6.07) is 6.33. The third kappa shape index (κ3) is 4.79. The van der Waals surface area contributed by atoms with Crippen molar-refractivity contribution in [3.05, 3.63) is 29.8 Å². The Morgan fingerprint density at radius 1 is 1.20 bits per heavy atom. The molecule has 0 bridgehead atoms. The van der Waals surface area contributed by atoms with Crippen LogP contribution in [0.3, 0.4) is 0 Å². The average Bonchev–Trinajstić information content (AvgIpc) is 2.34. The lowest BCUT2D eigenvalue weighted by Crippen LogP contribution is -2.22. The largest absolute Gasteiger partial charge is 0.481 e. The van der Waals surface area contributed by atoms with Gasteiger partial charge in [0, 0.05) is 17.9 Å². The maximum Gasteiger partial charge on any atom is 0.307 e. The number of carboxylic acid groups (broad SMARTS) is 2. The van der Waals surface area contributed by atoms with Gasteiger partial charge < -0.3 is 15.1 Å². The summed E-state index contributed by atoms with van der Waals surface area (Å²) in [7, 11) is -3.81. The number of aliphatic carboxylic acids is 2. The normalized spacial score (nSPS) is 15.3. The van der Waals surface area contributed by atoms with Gasteiger partial charge in [0.25, 0.3) is 0 Å². The molecule has 0 fully saturated rings. The molecule has 0 radical (unpaired) electrons. The summed E-state index contributed by atoms with van der Waals surface area (Å²) in [4.78, 5) is 31.5. The first-order valence-corrected chi connectivity index (χ1v) is 7.90. The second kappa shape index (κ2) is 6.68. The Labute approximate surface area is 116 Å². The highest BCUT2D eigenvalue weighted by molar-refractivity contribution is 7.66. The van der Waals surface area contributed by atoms with Crippen molar-refractivity contribution < 1.29 is 29.3 Å².